The number of carbonyl (C=O) groups is 1. The maximum atomic E-state index is 12.4. The van der Waals surface area contributed by atoms with E-state index in [2.05, 4.69) is 5.32 Å². The Balaban J connectivity index is 2.13. The molecule has 4 nitrogen and oxygen atoms in total. The van der Waals surface area contributed by atoms with Crippen LogP contribution in [-0.4, -0.2) is 29.8 Å². The van der Waals surface area contributed by atoms with Crippen LogP contribution in [0.3, 0.4) is 0 Å². The summed E-state index contributed by atoms with van der Waals surface area (Å²) >= 11 is 0. The molecule has 0 atom stereocenters. The average Bonchev–Trinajstić information content (AvgIpc) is 2.44. The highest BCUT2D eigenvalue weighted by Gasteiger charge is 2.35. The predicted molar refractivity (Wildman–Crippen MR) is 81.5 cm³/mol. The van der Waals surface area contributed by atoms with Crippen molar-refractivity contribution in [2.75, 3.05) is 13.1 Å². The third-order valence-corrected chi connectivity index (χ3v) is 4.50. The van der Waals surface area contributed by atoms with E-state index in [0.29, 0.717) is 22.6 Å². The van der Waals surface area contributed by atoms with Crippen molar-refractivity contribution in [3.8, 4) is 5.75 Å². The number of hydrogen-bond acceptors (Lipinski definition) is 3. The normalized spacial score (nSPS) is 16.8. The van der Waals surface area contributed by atoms with E-state index in [1.807, 2.05) is 13.8 Å². The summed E-state index contributed by atoms with van der Waals surface area (Å²) in [6.07, 6.45) is 2.15. The van der Waals surface area contributed by atoms with Crippen molar-refractivity contribution in [3.63, 3.8) is 0 Å². The number of carbonyl (C=O) groups excluding carboxylic acids is 1. The molecule has 0 aromatic heterocycles. The Bertz CT molecular complexity index is 508. The number of aryl methyl sites for hydroxylation is 2. The lowest BCUT2D eigenvalue weighted by molar-refractivity contribution is -0.665. The Labute approximate surface area is 126 Å². The molecule has 0 radical (unpaired) electrons. The number of phenolic OH excluding ortho intramolecular Hbond substituents is 1. The minimum Gasteiger partial charge on any atom is -0.507 e. The van der Waals surface area contributed by atoms with Crippen LogP contribution in [0.5, 0.6) is 5.75 Å². The van der Waals surface area contributed by atoms with Crippen LogP contribution in [0.25, 0.3) is 0 Å². The Hall–Kier alpha value is -1.55. The summed E-state index contributed by atoms with van der Waals surface area (Å²) in [5.74, 6) is 0.347. The highest BCUT2D eigenvalue weighted by molar-refractivity contribution is 5.90. The van der Waals surface area contributed by atoms with E-state index in [9.17, 15) is 9.90 Å². The second-order valence-electron chi connectivity index (χ2n) is 6.59. The average molecular weight is 292 g/mol. The second-order valence-corrected chi connectivity index (χ2v) is 6.59. The molecule has 21 heavy (non-hydrogen) atoms. The third-order valence-electron chi connectivity index (χ3n) is 4.50. The zero-order valence-corrected chi connectivity index (χ0v) is 13.4. The molecule has 0 amide bonds. The van der Waals surface area contributed by atoms with Crippen molar-refractivity contribution in [1.82, 2.24) is 0 Å². The number of quaternary nitrogens is 1. The van der Waals surface area contributed by atoms with Gasteiger partial charge < -0.3 is 15.2 Å². The van der Waals surface area contributed by atoms with Crippen LogP contribution in [0.4, 0.5) is 0 Å². The fourth-order valence-corrected chi connectivity index (χ4v) is 3.08. The summed E-state index contributed by atoms with van der Waals surface area (Å²) in [5, 5.41) is 12.1. The van der Waals surface area contributed by atoms with Crippen molar-refractivity contribution < 1.29 is 20.0 Å². The van der Waals surface area contributed by atoms with Gasteiger partial charge in [0.25, 0.3) is 0 Å². The van der Waals surface area contributed by atoms with Gasteiger partial charge in [-0.25, -0.2) is 4.79 Å². The van der Waals surface area contributed by atoms with E-state index in [0.717, 1.165) is 25.9 Å². The Morgan fingerprint density at radius 2 is 1.76 bits per heavy atom. The van der Waals surface area contributed by atoms with Gasteiger partial charge in [0, 0.05) is 18.8 Å². The van der Waals surface area contributed by atoms with Gasteiger partial charge >= 0.3 is 5.97 Å². The van der Waals surface area contributed by atoms with Crippen LogP contribution in [0, 0.1) is 19.8 Å². The zero-order valence-electron chi connectivity index (χ0n) is 13.4. The topological polar surface area (TPSA) is 63.1 Å². The second kappa shape index (κ2) is 6.06. The number of piperidine rings is 1. The number of ether oxygens (including phenoxy) is 1. The Kier molecular flexibility index (Phi) is 4.57. The van der Waals surface area contributed by atoms with Gasteiger partial charge in [-0.2, -0.15) is 0 Å². The molecule has 1 aromatic carbocycles. The van der Waals surface area contributed by atoms with Crippen molar-refractivity contribution in [3.05, 3.63) is 28.8 Å². The minimum atomic E-state index is -0.453. The number of phenols is 1. The maximum Gasteiger partial charge on any atom is 0.338 e. The molecule has 4 heteroatoms. The van der Waals surface area contributed by atoms with Crippen molar-refractivity contribution >= 4 is 5.97 Å². The van der Waals surface area contributed by atoms with Gasteiger partial charge in [0.1, 0.15) is 11.4 Å². The number of benzene rings is 1. The van der Waals surface area contributed by atoms with Crippen LogP contribution < -0.4 is 5.32 Å². The highest BCUT2D eigenvalue weighted by Crippen LogP contribution is 2.30. The van der Waals surface area contributed by atoms with Gasteiger partial charge in [-0.05, 0) is 51.0 Å². The van der Waals surface area contributed by atoms with Crippen molar-refractivity contribution in [1.29, 1.82) is 0 Å². The number of hydrogen-bond donors (Lipinski definition) is 2. The number of esters is 1. The molecule has 0 unspecified atom stereocenters. The van der Waals surface area contributed by atoms with E-state index in [4.69, 9.17) is 4.74 Å². The van der Waals surface area contributed by atoms with Gasteiger partial charge in [-0.1, -0.05) is 0 Å². The van der Waals surface area contributed by atoms with Crippen LogP contribution in [0.15, 0.2) is 12.1 Å². The molecular formula is C17H26NO3+. The first-order valence-corrected chi connectivity index (χ1v) is 7.66. The minimum absolute atomic E-state index is 0.244. The van der Waals surface area contributed by atoms with Crippen LogP contribution in [0.1, 0.15) is 48.2 Å². The molecule has 0 spiro atoms. The third kappa shape index (κ3) is 3.56. The molecule has 1 fully saturated rings. The van der Waals surface area contributed by atoms with Gasteiger partial charge in [0.2, 0.25) is 0 Å². The molecule has 1 aliphatic rings. The van der Waals surface area contributed by atoms with E-state index in [1.165, 1.54) is 0 Å². The lowest BCUT2D eigenvalue weighted by Gasteiger charge is -2.35. The molecule has 0 saturated carbocycles. The molecule has 1 heterocycles. The lowest BCUT2D eigenvalue weighted by atomic mass is 9.83. The quantitative estimate of drug-likeness (QED) is 0.837. The number of rotatable bonds is 3. The summed E-state index contributed by atoms with van der Waals surface area (Å²) in [7, 11) is 0. The lowest BCUT2D eigenvalue weighted by Crippen LogP contribution is -2.86. The molecule has 0 aliphatic carbocycles. The fourth-order valence-electron chi connectivity index (χ4n) is 3.08. The Morgan fingerprint density at radius 3 is 2.29 bits per heavy atom. The van der Waals surface area contributed by atoms with Crippen molar-refractivity contribution in [2.24, 2.45) is 5.92 Å². The first-order chi connectivity index (χ1) is 9.81. The summed E-state index contributed by atoms with van der Waals surface area (Å²) < 4.78 is 5.78. The van der Waals surface area contributed by atoms with Crippen molar-refractivity contribution in [2.45, 2.75) is 46.1 Å². The first-order valence-electron chi connectivity index (χ1n) is 7.66. The van der Waals surface area contributed by atoms with Gasteiger partial charge in [0.15, 0.2) is 0 Å². The summed E-state index contributed by atoms with van der Waals surface area (Å²) in [4.78, 5) is 12.4. The zero-order chi connectivity index (χ0) is 15.6. The Morgan fingerprint density at radius 1 is 1.24 bits per heavy atom. The van der Waals surface area contributed by atoms with Gasteiger partial charge in [-0.3, -0.25) is 0 Å². The largest absolute Gasteiger partial charge is 0.507 e. The fraction of sp³-hybridized carbons (Fsp3) is 0.588. The monoisotopic (exact) mass is 292 g/mol. The molecule has 116 valence electrons. The summed E-state index contributed by atoms with van der Waals surface area (Å²) in [5.41, 5.74) is 1.46. The van der Waals surface area contributed by atoms with Crippen LogP contribution in [0.2, 0.25) is 0 Å². The molecule has 0 bridgehead atoms. The van der Waals surface area contributed by atoms with E-state index < -0.39 is 5.60 Å². The highest BCUT2D eigenvalue weighted by atomic mass is 16.6. The molecule has 1 saturated heterocycles. The van der Waals surface area contributed by atoms with E-state index in [-0.39, 0.29) is 11.7 Å². The smallest absolute Gasteiger partial charge is 0.338 e. The standard InChI is InChI=1S/C17H25NO3/c1-11-9-13(10-12(2)15(11)19)16(20)21-17(3,4)14-5-7-18-8-6-14/h9-10,14,18-19H,5-8H2,1-4H3/p+1. The van der Waals surface area contributed by atoms with Crippen LogP contribution >= 0.6 is 0 Å². The number of aromatic hydroxyl groups is 1. The molecule has 1 aliphatic heterocycles. The summed E-state index contributed by atoms with van der Waals surface area (Å²) in [6.45, 7) is 9.79. The van der Waals surface area contributed by atoms with Crippen LogP contribution in [-0.2, 0) is 4.74 Å². The first kappa shape index (κ1) is 15.8. The SMILES string of the molecule is Cc1cc(C(=O)OC(C)(C)C2CC[NH2+]CC2)cc(C)c1O. The summed E-state index contributed by atoms with van der Waals surface area (Å²) in [6, 6.07) is 3.38. The van der Waals surface area contributed by atoms with E-state index in [1.54, 1.807) is 26.0 Å². The van der Waals surface area contributed by atoms with E-state index >= 15 is 0 Å². The number of nitrogens with two attached hydrogens (primary N) is 1. The molecular weight excluding hydrogens is 266 g/mol. The predicted octanol–water partition coefficient (Wildman–Crippen LogP) is 1.92. The maximum absolute atomic E-state index is 12.4. The van der Waals surface area contributed by atoms with Gasteiger partial charge in [0.05, 0.1) is 18.7 Å². The van der Waals surface area contributed by atoms with Gasteiger partial charge in [-0.15, -0.1) is 0 Å². The molecule has 3 N–H and O–H groups in total. The molecule has 1 aromatic rings. The molecule has 2 rings (SSSR count).